The smallest absolute Gasteiger partial charge is 0.110 e. The molecule has 4 unspecified atom stereocenters. The zero-order valence-corrected chi connectivity index (χ0v) is 11.7. The van der Waals surface area contributed by atoms with Gasteiger partial charge in [0.25, 0.3) is 0 Å². The number of allylic oxidation sites excluding steroid dienone is 5. The Kier molecular flexibility index (Phi) is 6.33. The molecule has 0 spiro atoms. The van der Waals surface area contributed by atoms with Gasteiger partial charge < -0.3 is 14.6 Å². The number of methoxy groups -OCH3 is 1. The monoisotopic (exact) mass is 252 g/mol. The van der Waals surface area contributed by atoms with Crippen LogP contribution in [0.25, 0.3) is 0 Å². The SMILES string of the molecule is CC=CC=CC=C(C)C1OCC(C)C(OC)C1O. The number of rotatable bonds is 4. The van der Waals surface area contributed by atoms with Crippen LogP contribution in [0.5, 0.6) is 0 Å². The van der Waals surface area contributed by atoms with Crippen molar-refractivity contribution in [3.05, 3.63) is 36.0 Å². The van der Waals surface area contributed by atoms with Gasteiger partial charge in [-0.05, 0) is 19.4 Å². The van der Waals surface area contributed by atoms with Crippen LogP contribution < -0.4 is 0 Å². The van der Waals surface area contributed by atoms with Crippen molar-refractivity contribution in [2.24, 2.45) is 5.92 Å². The average Bonchev–Trinajstić information content (AvgIpc) is 2.35. The first-order chi connectivity index (χ1) is 8.61. The van der Waals surface area contributed by atoms with Crippen molar-refractivity contribution in [1.82, 2.24) is 0 Å². The van der Waals surface area contributed by atoms with E-state index < -0.39 is 6.10 Å². The van der Waals surface area contributed by atoms with E-state index >= 15 is 0 Å². The zero-order valence-electron chi connectivity index (χ0n) is 11.7. The van der Waals surface area contributed by atoms with Crippen LogP contribution in [-0.2, 0) is 9.47 Å². The molecule has 0 saturated carbocycles. The molecule has 1 heterocycles. The van der Waals surface area contributed by atoms with Crippen molar-refractivity contribution in [2.75, 3.05) is 13.7 Å². The van der Waals surface area contributed by atoms with E-state index in [-0.39, 0.29) is 18.1 Å². The molecule has 0 bridgehead atoms. The number of hydrogen-bond acceptors (Lipinski definition) is 3. The molecular formula is C15H24O3. The lowest BCUT2D eigenvalue weighted by molar-refractivity contribution is -0.158. The van der Waals surface area contributed by atoms with Crippen molar-refractivity contribution < 1.29 is 14.6 Å². The van der Waals surface area contributed by atoms with Crippen LogP contribution >= 0.6 is 0 Å². The third-order valence-corrected chi connectivity index (χ3v) is 3.24. The first-order valence-electron chi connectivity index (χ1n) is 6.40. The van der Waals surface area contributed by atoms with E-state index in [1.54, 1.807) is 7.11 Å². The van der Waals surface area contributed by atoms with Crippen LogP contribution in [0.1, 0.15) is 20.8 Å². The van der Waals surface area contributed by atoms with Gasteiger partial charge in [0.05, 0.1) is 12.7 Å². The minimum atomic E-state index is -0.606. The molecule has 1 N–H and O–H groups in total. The molecule has 18 heavy (non-hydrogen) atoms. The fraction of sp³-hybridized carbons (Fsp3) is 0.600. The van der Waals surface area contributed by atoms with E-state index in [1.807, 2.05) is 51.2 Å². The summed E-state index contributed by atoms with van der Waals surface area (Å²) < 4.78 is 11.1. The maximum Gasteiger partial charge on any atom is 0.110 e. The maximum absolute atomic E-state index is 10.2. The van der Waals surface area contributed by atoms with Crippen LogP contribution in [0.3, 0.4) is 0 Å². The molecule has 1 aliphatic rings. The van der Waals surface area contributed by atoms with E-state index in [4.69, 9.17) is 9.47 Å². The van der Waals surface area contributed by atoms with Gasteiger partial charge in [0.1, 0.15) is 12.2 Å². The van der Waals surface area contributed by atoms with Crippen LogP contribution in [-0.4, -0.2) is 37.1 Å². The minimum Gasteiger partial charge on any atom is -0.387 e. The summed E-state index contributed by atoms with van der Waals surface area (Å²) in [5.74, 6) is 0.215. The Hall–Kier alpha value is -0.900. The highest BCUT2D eigenvalue weighted by Crippen LogP contribution is 2.26. The molecule has 1 aliphatic heterocycles. The van der Waals surface area contributed by atoms with Gasteiger partial charge in [-0.1, -0.05) is 37.3 Å². The Morgan fingerprint density at radius 2 is 2.06 bits per heavy atom. The van der Waals surface area contributed by atoms with Crippen LogP contribution in [0.15, 0.2) is 36.0 Å². The zero-order chi connectivity index (χ0) is 13.5. The Bertz CT molecular complexity index is 331. The molecule has 0 amide bonds. The van der Waals surface area contributed by atoms with Crippen LogP contribution in [0.2, 0.25) is 0 Å². The second-order valence-corrected chi connectivity index (χ2v) is 4.74. The topological polar surface area (TPSA) is 38.7 Å². The van der Waals surface area contributed by atoms with Crippen LogP contribution in [0.4, 0.5) is 0 Å². The van der Waals surface area contributed by atoms with Crippen molar-refractivity contribution in [3.63, 3.8) is 0 Å². The van der Waals surface area contributed by atoms with E-state index in [2.05, 4.69) is 0 Å². The normalized spacial score (nSPS) is 34.6. The highest BCUT2D eigenvalue weighted by atomic mass is 16.5. The van der Waals surface area contributed by atoms with E-state index in [9.17, 15) is 5.11 Å². The highest BCUT2D eigenvalue weighted by Gasteiger charge is 2.37. The lowest BCUT2D eigenvalue weighted by Crippen LogP contribution is -2.50. The van der Waals surface area contributed by atoms with E-state index in [0.29, 0.717) is 6.61 Å². The summed E-state index contributed by atoms with van der Waals surface area (Å²) in [7, 11) is 1.64. The first-order valence-corrected chi connectivity index (χ1v) is 6.40. The van der Waals surface area contributed by atoms with E-state index in [0.717, 1.165) is 5.57 Å². The Labute approximate surface area is 110 Å². The van der Waals surface area contributed by atoms with Gasteiger partial charge in [-0.3, -0.25) is 0 Å². The van der Waals surface area contributed by atoms with Gasteiger partial charge in [0, 0.05) is 13.0 Å². The fourth-order valence-electron chi connectivity index (χ4n) is 2.21. The predicted molar refractivity (Wildman–Crippen MR) is 73.4 cm³/mol. The Balaban J connectivity index is 2.70. The summed E-state index contributed by atoms with van der Waals surface area (Å²) in [6, 6.07) is 0. The third-order valence-electron chi connectivity index (χ3n) is 3.24. The number of aliphatic hydroxyl groups excluding tert-OH is 1. The minimum absolute atomic E-state index is 0.161. The summed E-state index contributed by atoms with van der Waals surface area (Å²) in [5.41, 5.74) is 1.01. The van der Waals surface area contributed by atoms with Gasteiger partial charge in [0.2, 0.25) is 0 Å². The summed E-state index contributed by atoms with van der Waals surface area (Å²) in [5, 5.41) is 10.2. The summed E-state index contributed by atoms with van der Waals surface area (Å²) in [4.78, 5) is 0. The van der Waals surface area contributed by atoms with Gasteiger partial charge >= 0.3 is 0 Å². The second-order valence-electron chi connectivity index (χ2n) is 4.74. The standard InChI is InChI=1S/C15H24O3/c1-5-6-7-8-9-11(2)15-13(16)14(17-4)12(3)10-18-15/h5-9,12-16H,10H2,1-4H3. The summed E-state index contributed by atoms with van der Waals surface area (Å²) in [6.45, 7) is 6.58. The van der Waals surface area contributed by atoms with Crippen LogP contribution in [0, 0.1) is 5.92 Å². The largest absolute Gasteiger partial charge is 0.387 e. The van der Waals surface area contributed by atoms with Crippen molar-refractivity contribution in [3.8, 4) is 0 Å². The Morgan fingerprint density at radius 3 is 2.67 bits per heavy atom. The third kappa shape index (κ3) is 3.80. The molecule has 102 valence electrons. The molecule has 3 heteroatoms. The summed E-state index contributed by atoms with van der Waals surface area (Å²) in [6.07, 6.45) is 8.76. The molecule has 1 saturated heterocycles. The lowest BCUT2D eigenvalue weighted by Gasteiger charge is -2.38. The average molecular weight is 252 g/mol. The van der Waals surface area contributed by atoms with E-state index in [1.165, 1.54) is 0 Å². The first kappa shape index (κ1) is 15.2. The van der Waals surface area contributed by atoms with Gasteiger partial charge in [-0.15, -0.1) is 0 Å². The number of aliphatic hydroxyl groups is 1. The lowest BCUT2D eigenvalue weighted by atomic mass is 9.90. The van der Waals surface area contributed by atoms with Gasteiger partial charge in [0.15, 0.2) is 0 Å². The fourth-order valence-corrected chi connectivity index (χ4v) is 2.21. The molecule has 1 fully saturated rings. The molecule has 4 atom stereocenters. The molecule has 0 aromatic heterocycles. The highest BCUT2D eigenvalue weighted by molar-refractivity contribution is 5.19. The molecule has 0 aromatic rings. The maximum atomic E-state index is 10.2. The number of ether oxygens (including phenoxy) is 2. The summed E-state index contributed by atoms with van der Waals surface area (Å²) >= 11 is 0. The molecule has 0 aromatic carbocycles. The molecule has 0 radical (unpaired) electrons. The molecule has 3 nitrogen and oxygen atoms in total. The van der Waals surface area contributed by atoms with Crippen molar-refractivity contribution in [1.29, 1.82) is 0 Å². The van der Waals surface area contributed by atoms with Crippen molar-refractivity contribution >= 4 is 0 Å². The predicted octanol–water partition coefficient (Wildman–Crippen LogP) is 2.48. The molecular weight excluding hydrogens is 228 g/mol. The molecule has 0 aliphatic carbocycles. The Morgan fingerprint density at radius 1 is 1.33 bits per heavy atom. The van der Waals surface area contributed by atoms with Gasteiger partial charge in [-0.25, -0.2) is 0 Å². The van der Waals surface area contributed by atoms with Gasteiger partial charge in [-0.2, -0.15) is 0 Å². The van der Waals surface area contributed by atoms with Crippen molar-refractivity contribution in [2.45, 2.75) is 39.1 Å². The number of hydrogen-bond donors (Lipinski definition) is 1. The quantitative estimate of drug-likeness (QED) is 0.781. The molecule has 1 rings (SSSR count). The second kappa shape index (κ2) is 7.52.